The van der Waals surface area contributed by atoms with Gasteiger partial charge in [-0.3, -0.25) is 4.79 Å². The molecule has 1 N–H and O–H groups in total. The number of carbonyl (C=O) groups excluding carboxylic acids is 1. The van der Waals surface area contributed by atoms with Crippen LogP contribution in [0.2, 0.25) is 0 Å². The highest BCUT2D eigenvalue weighted by atomic mass is 32.2. The molecule has 1 aliphatic heterocycles. The van der Waals surface area contributed by atoms with E-state index >= 15 is 0 Å². The van der Waals surface area contributed by atoms with Gasteiger partial charge in [-0.2, -0.15) is 0 Å². The summed E-state index contributed by atoms with van der Waals surface area (Å²) in [5.41, 5.74) is 3.50. The van der Waals surface area contributed by atoms with Crippen LogP contribution < -0.4 is 5.32 Å². The number of nitrogens with zero attached hydrogens (tertiary/aromatic N) is 1. The molecular weight excluding hydrogens is 379 g/mol. The molecule has 3 rings (SSSR count). The van der Waals surface area contributed by atoms with Crippen LogP contribution in [0.15, 0.2) is 42.5 Å². The summed E-state index contributed by atoms with van der Waals surface area (Å²) in [5, 5.41) is 2.98. The Morgan fingerprint density at radius 2 is 1.75 bits per heavy atom. The van der Waals surface area contributed by atoms with Gasteiger partial charge in [0.25, 0.3) is 0 Å². The number of halogens is 1. The number of rotatable bonds is 5. The first-order valence-electron chi connectivity index (χ1n) is 9.35. The molecule has 0 radical (unpaired) electrons. The van der Waals surface area contributed by atoms with Crippen molar-refractivity contribution in [3.05, 3.63) is 65.0 Å². The first kappa shape index (κ1) is 20.5. The zero-order valence-corrected chi connectivity index (χ0v) is 16.9. The number of aryl methyl sites for hydroxylation is 1. The molecule has 150 valence electrons. The lowest BCUT2D eigenvalue weighted by molar-refractivity contribution is -0.120. The third-order valence-corrected chi connectivity index (χ3v) is 7.19. The fourth-order valence-electron chi connectivity index (χ4n) is 3.40. The predicted octanol–water partition coefficient (Wildman–Crippen LogP) is 3.62. The molecule has 0 aliphatic carbocycles. The van der Waals surface area contributed by atoms with Crippen LogP contribution in [0.3, 0.4) is 0 Å². The summed E-state index contributed by atoms with van der Waals surface area (Å²) in [6, 6.07) is 11.3. The highest BCUT2D eigenvalue weighted by Gasteiger charge is 2.31. The molecular formula is C21H25FN2O3S. The first-order chi connectivity index (χ1) is 13.3. The fourth-order valence-corrected chi connectivity index (χ4v) is 4.96. The van der Waals surface area contributed by atoms with Crippen molar-refractivity contribution in [2.75, 3.05) is 18.4 Å². The Kier molecular flexibility index (Phi) is 6.15. The minimum absolute atomic E-state index is 0.0655. The van der Waals surface area contributed by atoms with E-state index in [4.69, 9.17) is 0 Å². The molecule has 0 aromatic heterocycles. The lowest BCUT2D eigenvalue weighted by atomic mass is 9.97. The second-order valence-electron chi connectivity index (χ2n) is 7.29. The minimum atomic E-state index is -3.49. The number of hydrogen-bond acceptors (Lipinski definition) is 3. The van der Waals surface area contributed by atoms with Crippen LogP contribution in [0.5, 0.6) is 0 Å². The van der Waals surface area contributed by atoms with Crippen LogP contribution in [-0.4, -0.2) is 31.7 Å². The molecule has 1 saturated heterocycles. The number of piperidine rings is 1. The largest absolute Gasteiger partial charge is 0.326 e. The van der Waals surface area contributed by atoms with Crippen LogP contribution >= 0.6 is 0 Å². The van der Waals surface area contributed by atoms with Gasteiger partial charge >= 0.3 is 0 Å². The van der Waals surface area contributed by atoms with Crippen molar-refractivity contribution in [1.82, 2.24) is 4.31 Å². The Hall–Kier alpha value is -2.25. The molecule has 28 heavy (non-hydrogen) atoms. The average Bonchev–Trinajstić information content (AvgIpc) is 2.67. The zero-order chi connectivity index (χ0) is 20.3. The van der Waals surface area contributed by atoms with Gasteiger partial charge in [-0.15, -0.1) is 0 Å². The predicted molar refractivity (Wildman–Crippen MR) is 108 cm³/mol. The van der Waals surface area contributed by atoms with E-state index in [0.717, 1.165) is 16.8 Å². The van der Waals surface area contributed by atoms with Gasteiger partial charge in [-0.05, 0) is 61.6 Å². The molecule has 0 spiro atoms. The number of amides is 1. The number of anilines is 1. The van der Waals surface area contributed by atoms with Gasteiger partial charge in [0.2, 0.25) is 15.9 Å². The fraction of sp³-hybridized carbons (Fsp3) is 0.381. The number of nitrogens with one attached hydrogen (secondary N) is 1. The van der Waals surface area contributed by atoms with E-state index in [1.807, 2.05) is 32.0 Å². The topological polar surface area (TPSA) is 66.5 Å². The summed E-state index contributed by atoms with van der Waals surface area (Å²) < 4.78 is 39.7. The number of carbonyl (C=O) groups is 1. The van der Waals surface area contributed by atoms with Crippen molar-refractivity contribution in [2.45, 2.75) is 32.4 Å². The van der Waals surface area contributed by atoms with Gasteiger partial charge in [0, 0.05) is 24.7 Å². The summed E-state index contributed by atoms with van der Waals surface area (Å²) in [5.74, 6) is -0.828. The SMILES string of the molecule is Cc1cccc(NC(=O)C2CCN(S(=O)(=O)Cc3ccc(F)cc3)CC2)c1C. The zero-order valence-electron chi connectivity index (χ0n) is 16.1. The third-order valence-electron chi connectivity index (χ3n) is 5.34. The average molecular weight is 405 g/mol. The van der Waals surface area contributed by atoms with E-state index in [1.165, 1.54) is 28.6 Å². The maximum absolute atomic E-state index is 13.0. The van der Waals surface area contributed by atoms with Crippen LogP contribution in [0.4, 0.5) is 10.1 Å². The molecule has 1 aliphatic rings. The third kappa shape index (κ3) is 4.77. The quantitative estimate of drug-likeness (QED) is 0.828. The maximum Gasteiger partial charge on any atom is 0.227 e. The molecule has 5 nitrogen and oxygen atoms in total. The Morgan fingerprint density at radius 3 is 2.39 bits per heavy atom. The van der Waals surface area contributed by atoms with E-state index < -0.39 is 15.8 Å². The standard InChI is InChI=1S/C21H25FN2O3S/c1-15-4-3-5-20(16(15)2)23-21(25)18-10-12-24(13-11-18)28(26,27)14-17-6-8-19(22)9-7-17/h3-9,18H,10-14H2,1-2H3,(H,23,25). The van der Waals surface area contributed by atoms with Crippen LogP contribution in [0.1, 0.15) is 29.5 Å². The van der Waals surface area contributed by atoms with E-state index in [-0.39, 0.29) is 17.6 Å². The maximum atomic E-state index is 13.0. The summed E-state index contributed by atoms with van der Waals surface area (Å²) in [7, 11) is -3.49. The van der Waals surface area contributed by atoms with Gasteiger partial charge in [0.05, 0.1) is 5.75 Å². The summed E-state index contributed by atoms with van der Waals surface area (Å²) in [6.45, 7) is 4.59. The van der Waals surface area contributed by atoms with E-state index in [0.29, 0.717) is 31.5 Å². The van der Waals surface area contributed by atoms with Gasteiger partial charge in [-0.25, -0.2) is 17.1 Å². The molecule has 1 amide bonds. The molecule has 2 aromatic carbocycles. The molecule has 0 bridgehead atoms. The Bertz CT molecular complexity index is 950. The van der Waals surface area contributed by atoms with Crippen molar-refractivity contribution in [3.8, 4) is 0 Å². The van der Waals surface area contributed by atoms with Gasteiger partial charge in [0.15, 0.2) is 0 Å². The molecule has 7 heteroatoms. The Labute approximate surface area is 165 Å². The highest BCUT2D eigenvalue weighted by molar-refractivity contribution is 7.88. The molecule has 1 heterocycles. The van der Waals surface area contributed by atoms with Crippen LogP contribution in [0.25, 0.3) is 0 Å². The van der Waals surface area contributed by atoms with Crippen LogP contribution in [0, 0.1) is 25.6 Å². The molecule has 2 aromatic rings. The summed E-state index contributed by atoms with van der Waals surface area (Å²) in [4.78, 5) is 12.6. The number of hydrogen-bond donors (Lipinski definition) is 1. The minimum Gasteiger partial charge on any atom is -0.326 e. The molecule has 1 fully saturated rings. The van der Waals surface area contributed by atoms with E-state index in [9.17, 15) is 17.6 Å². The Morgan fingerprint density at radius 1 is 1.11 bits per heavy atom. The lowest BCUT2D eigenvalue weighted by Gasteiger charge is -2.30. The molecule has 0 saturated carbocycles. The summed E-state index contributed by atoms with van der Waals surface area (Å²) >= 11 is 0. The monoisotopic (exact) mass is 404 g/mol. The van der Waals surface area contributed by atoms with Gasteiger partial charge < -0.3 is 5.32 Å². The van der Waals surface area contributed by atoms with Crippen molar-refractivity contribution in [2.24, 2.45) is 5.92 Å². The highest BCUT2D eigenvalue weighted by Crippen LogP contribution is 2.25. The van der Waals surface area contributed by atoms with Gasteiger partial charge in [0.1, 0.15) is 5.82 Å². The second kappa shape index (κ2) is 8.41. The lowest BCUT2D eigenvalue weighted by Crippen LogP contribution is -2.41. The normalized spacial score (nSPS) is 16.1. The van der Waals surface area contributed by atoms with Crippen molar-refractivity contribution >= 4 is 21.6 Å². The van der Waals surface area contributed by atoms with E-state index in [1.54, 1.807) is 0 Å². The molecule has 0 unspecified atom stereocenters. The van der Waals surface area contributed by atoms with Crippen molar-refractivity contribution in [1.29, 1.82) is 0 Å². The van der Waals surface area contributed by atoms with Crippen molar-refractivity contribution < 1.29 is 17.6 Å². The number of sulfonamides is 1. The summed E-state index contributed by atoms with van der Waals surface area (Å²) in [6.07, 6.45) is 0.971. The first-order valence-corrected chi connectivity index (χ1v) is 11.0. The van der Waals surface area contributed by atoms with Crippen LogP contribution in [-0.2, 0) is 20.6 Å². The smallest absolute Gasteiger partial charge is 0.227 e. The molecule has 0 atom stereocenters. The van der Waals surface area contributed by atoms with Crippen molar-refractivity contribution in [3.63, 3.8) is 0 Å². The second-order valence-corrected chi connectivity index (χ2v) is 9.26. The van der Waals surface area contributed by atoms with Gasteiger partial charge in [-0.1, -0.05) is 24.3 Å². The van der Waals surface area contributed by atoms with E-state index in [2.05, 4.69) is 5.32 Å². The Balaban J connectivity index is 1.58. The number of benzene rings is 2.